The van der Waals surface area contributed by atoms with E-state index >= 15 is 0 Å². The van der Waals surface area contributed by atoms with Crippen LogP contribution in [0.25, 0.3) is 27.6 Å². The number of nitrogens with zero attached hydrogens (tertiary/aromatic N) is 4. The lowest BCUT2D eigenvalue weighted by Gasteiger charge is -2.31. The summed E-state index contributed by atoms with van der Waals surface area (Å²) in [5.41, 5.74) is 11.0. The third-order valence-corrected chi connectivity index (χ3v) is 9.82. The summed E-state index contributed by atoms with van der Waals surface area (Å²) in [7, 11) is 0. The molecule has 0 N–H and O–H groups in total. The highest BCUT2D eigenvalue weighted by atomic mass is 16.5. The van der Waals surface area contributed by atoms with Crippen LogP contribution in [-0.2, 0) is 5.41 Å². The van der Waals surface area contributed by atoms with Crippen molar-refractivity contribution in [3.8, 4) is 17.3 Å². The van der Waals surface area contributed by atoms with Crippen LogP contribution in [0, 0.1) is 26.2 Å². The van der Waals surface area contributed by atoms with Crippen LogP contribution in [0.15, 0.2) is 109 Å². The molecule has 0 spiro atoms. The van der Waals surface area contributed by atoms with E-state index in [9.17, 15) is 0 Å². The van der Waals surface area contributed by atoms with Gasteiger partial charge < -0.3 is 14.5 Å². The van der Waals surface area contributed by atoms with Gasteiger partial charge in [0.25, 0.3) is 0 Å². The van der Waals surface area contributed by atoms with Crippen molar-refractivity contribution in [3.63, 3.8) is 0 Å². The van der Waals surface area contributed by atoms with Crippen molar-refractivity contribution in [2.24, 2.45) is 5.41 Å². The zero-order valence-electron chi connectivity index (χ0n) is 29.7. The molecule has 0 radical (unpaired) electrons. The molecule has 1 aliphatic rings. The van der Waals surface area contributed by atoms with E-state index in [4.69, 9.17) is 9.72 Å². The van der Waals surface area contributed by atoms with Gasteiger partial charge in [0.2, 0.25) is 0 Å². The highest BCUT2D eigenvalue weighted by Crippen LogP contribution is 2.41. The zero-order chi connectivity index (χ0) is 34.0. The molecule has 0 amide bonds. The fourth-order valence-electron chi connectivity index (χ4n) is 6.82. The number of benzene rings is 4. The average molecular weight is 635 g/mol. The first-order valence-corrected chi connectivity index (χ1v) is 16.9. The van der Waals surface area contributed by atoms with Gasteiger partial charge in [-0.25, -0.2) is 4.98 Å². The van der Waals surface area contributed by atoms with Crippen molar-refractivity contribution in [2.75, 3.05) is 16.5 Å². The van der Waals surface area contributed by atoms with E-state index in [0.29, 0.717) is 0 Å². The number of pyridine rings is 1. The molecule has 2 aromatic heterocycles. The molecule has 3 heterocycles. The third-order valence-electron chi connectivity index (χ3n) is 9.82. The first kappa shape index (κ1) is 31.6. The molecular formula is C43H46N4O. The number of hydrogen-bond donors (Lipinski definition) is 0. The standard InChI is InChI=1S/C43H46N4O/c1-28-17-20-37(30(3)29(28)2)45-26-40(43(7,8)9)46(27-45)32-13-12-14-33(24-32)48-34-18-19-36-35-15-10-11-16-38(35)47(39(36)25-34)41-23-31(21-22-44-41)42(4,5)6/h10-26H,27H2,1-9H3. The van der Waals surface area contributed by atoms with Gasteiger partial charge in [-0.15, -0.1) is 0 Å². The summed E-state index contributed by atoms with van der Waals surface area (Å²) >= 11 is 0. The normalized spacial score (nSPS) is 13.9. The van der Waals surface area contributed by atoms with Gasteiger partial charge in [-0.1, -0.05) is 71.9 Å². The number of allylic oxidation sites excluding steroid dienone is 1. The molecule has 5 nitrogen and oxygen atoms in total. The number of ether oxygens (including phenoxy) is 1. The third kappa shape index (κ3) is 5.61. The number of aromatic nitrogens is 2. The van der Waals surface area contributed by atoms with E-state index in [1.165, 1.54) is 44.4 Å². The number of rotatable bonds is 5. The van der Waals surface area contributed by atoms with Crippen LogP contribution in [0.2, 0.25) is 0 Å². The highest BCUT2D eigenvalue weighted by Gasteiger charge is 2.32. The summed E-state index contributed by atoms with van der Waals surface area (Å²) in [6.45, 7) is 20.9. The lowest BCUT2D eigenvalue weighted by molar-refractivity contribution is 0.481. The first-order chi connectivity index (χ1) is 22.8. The second-order valence-electron chi connectivity index (χ2n) is 15.2. The monoisotopic (exact) mass is 634 g/mol. The van der Waals surface area contributed by atoms with Crippen LogP contribution < -0.4 is 14.5 Å². The van der Waals surface area contributed by atoms with Gasteiger partial charge >= 0.3 is 0 Å². The molecule has 0 bridgehead atoms. The minimum Gasteiger partial charge on any atom is -0.457 e. The topological polar surface area (TPSA) is 33.5 Å². The number of aryl methyl sites for hydroxylation is 1. The van der Waals surface area contributed by atoms with Crippen molar-refractivity contribution < 1.29 is 4.74 Å². The molecule has 6 aromatic rings. The Morgan fingerprint density at radius 2 is 1.42 bits per heavy atom. The smallest absolute Gasteiger partial charge is 0.137 e. The Kier molecular flexibility index (Phi) is 7.62. The fourth-order valence-corrected chi connectivity index (χ4v) is 6.82. The zero-order valence-corrected chi connectivity index (χ0v) is 29.7. The molecule has 7 rings (SSSR count). The summed E-state index contributed by atoms with van der Waals surface area (Å²) in [6.07, 6.45) is 4.24. The van der Waals surface area contributed by atoms with Crippen LogP contribution in [-0.4, -0.2) is 16.2 Å². The van der Waals surface area contributed by atoms with E-state index in [1.807, 2.05) is 12.3 Å². The molecule has 48 heavy (non-hydrogen) atoms. The Hall–Kier alpha value is -5.03. The number of anilines is 2. The number of para-hydroxylation sites is 1. The highest BCUT2D eigenvalue weighted by molar-refractivity contribution is 6.09. The lowest BCUT2D eigenvalue weighted by atomic mass is 9.88. The predicted octanol–water partition coefficient (Wildman–Crippen LogP) is 11.4. The Morgan fingerprint density at radius 3 is 2.19 bits per heavy atom. The predicted molar refractivity (Wildman–Crippen MR) is 202 cm³/mol. The first-order valence-electron chi connectivity index (χ1n) is 16.9. The molecule has 4 aromatic carbocycles. The largest absolute Gasteiger partial charge is 0.457 e. The van der Waals surface area contributed by atoms with Gasteiger partial charge in [0, 0.05) is 57.8 Å². The van der Waals surface area contributed by atoms with Crippen molar-refractivity contribution in [3.05, 3.63) is 131 Å². The Balaban J connectivity index is 1.25. The van der Waals surface area contributed by atoms with Crippen molar-refractivity contribution in [1.29, 1.82) is 0 Å². The Bertz CT molecular complexity index is 2210. The van der Waals surface area contributed by atoms with E-state index in [-0.39, 0.29) is 10.8 Å². The van der Waals surface area contributed by atoms with E-state index < -0.39 is 0 Å². The summed E-state index contributed by atoms with van der Waals surface area (Å²) in [4.78, 5) is 9.63. The van der Waals surface area contributed by atoms with Gasteiger partial charge in [0.1, 0.15) is 17.3 Å². The molecule has 0 saturated carbocycles. The van der Waals surface area contributed by atoms with E-state index in [1.54, 1.807) is 0 Å². The van der Waals surface area contributed by atoms with E-state index in [2.05, 4.69) is 168 Å². The van der Waals surface area contributed by atoms with Crippen molar-refractivity contribution in [1.82, 2.24) is 9.55 Å². The molecule has 5 heteroatoms. The second kappa shape index (κ2) is 11.6. The molecule has 244 valence electrons. The van der Waals surface area contributed by atoms with Crippen molar-refractivity contribution in [2.45, 2.75) is 67.7 Å². The molecule has 1 aliphatic heterocycles. The maximum Gasteiger partial charge on any atom is 0.137 e. The maximum atomic E-state index is 6.64. The summed E-state index contributed by atoms with van der Waals surface area (Å²) in [5, 5.41) is 2.37. The average Bonchev–Trinajstić information content (AvgIpc) is 3.64. The summed E-state index contributed by atoms with van der Waals surface area (Å²) < 4.78 is 8.90. The van der Waals surface area contributed by atoms with E-state index in [0.717, 1.165) is 40.7 Å². The van der Waals surface area contributed by atoms with Gasteiger partial charge in [-0.3, -0.25) is 4.57 Å². The Labute approximate surface area is 285 Å². The van der Waals surface area contributed by atoms with Crippen LogP contribution in [0.5, 0.6) is 11.5 Å². The molecular weight excluding hydrogens is 589 g/mol. The summed E-state index contributed by atoms with van der Waals surface area (Å²) in [5.74, 6) is 2.50. The molecule has 0 aliphatic carbocycles. The fraction of sp³-hybridized carbons (Fsp3) is 0.279. The van der Waals surface area contributed by atoms with Gasteiger partial charge in [-0.05, 0) is 97.0 Å². The summed E-state index contributed by atoms with van der Waals surface area (Å²) in [6, 6.07) is 32.2. The number of hydrogen-bond acceptors (Lipinski definition) is 4. The Morgan fingerprint density at radius 1 is 0.667 bits per heavy atom. The van der Waals surface area contributed by atoms with Crippen LogP contribution in [0.1, 0.15) is 63.8 Å². The molecule has 0 saturated heterocycles. The van der Waals surface area contributed by atoms with Gasteiger partial charge in [0.15, 0.2) is 0 Å². The van der Waals surface area contributed by atoms with Gasteiger partial charge in [-0.2, -0.15) is 0 Å². The van der Waals surface area contributed by atoms with Gasteiger partial charge in [0.05, 0.1) is 17.7 Å². The van der Waals surface area contributed by atoms with Crippen LogP contribution in [0.4, 0.5) is 11.4 Å². The minimum atomic E-state index is -0.0456. The SMILES string of the molecule is Cc1ccc(N2C=C(C(C)(C)C)N(c3cccc(Oc4ccc5c6ccccc6n(-c6cc(C(C)(C)C)ccn6)c5c4)c3)C2)c(C)c1C. The van der Waals surface area contributed by atoms with Crippen LogP contribution in [0.3, 0.4) is 0 Å². The van der Waals surface area contributed by atoms with Crippen molar-refractivity contribution >= 4 is 33.2 Å². The molecule has 0 fully saturated rings. The minimum absolute atomic E-state index is 0.0159. The second-order valence-corrected chi connectivity index (χ2v) is 15.2. The quantitative estimate of drug-likeness (QED) is 0.189. The number of fused-ring (bicyclic) bond motifs is 3. The molecule has 0 unspecified atom stereocenters. The van der Waals surface area contributed by atoms with Crippen LogP contribution >= 0.6 is 0 Å². The molecule has 0 atom stereocenters. The maximum absolute atomic E-state index is 6.64. The lowest BCUT2D eigenvalue weighted by Crippen LogP contribution is -2.30.